The molecule has 0 aromatic heterocycles. The average Bonchev–Trinajstić information content (AvgIpc) is 2.68. The summed E-state index contributed by atoms with van der Waals surface area (Å²) in [4.78, 5) is 24.4. The zero-order valence-corrected chi connectivity index (χ0v) is 18.0. The molecule has 1 heterocycles. The molecule has 3 rings (SSSR count). The monoisotopic (exact) mass is 408 g/mol. The molecule has 0 saturated heterocycles. The molecule has 0 saturated carbocycles. The first-order valence-electron chi connectivity index (χ1n) is 10.0. The van der Waals surface area contributed by atoms with Crippen molar-refractivity contribution in [1.29, 1.82) is 0 Å². The summed E-state index contributed by atoms with van der Waals surface area (Å²) >= 11 is 0. The van der Waals surface area contributed by atoms with Crippen LogP contribution in [0.25, 0.3) is 0 Å². The molecule has 30 heavy (non-hydrogen) atoms. The van der Waals surface area contributed by atoms with E-state index < -0.39 is 12.0 Å². The Hall–Kier alpha value is -3.28. The number of benzene rings is 2. The summed E-state index contributed by atoms with van der Waals surface area (Å²) in [6.45, 7) is 10.2. The molecule has 6 heteroatoms. The third-order valence-corrected chi connectivity index (χ3v) is 4.93. The van der Waals surface area contributed by atoms with Gasteiger partial charge in [0.15, 0.2) is 0 Å². The highest BCUT2D eigenvalue weighted by Crippen LogP contribution is 2.31. The van der Waals surface area contributed by atoms with E-state index in [0.717, 1.165) is 11.3 Å². The molecule has 1 atom stereocenters. The van der Waals surface area contributed by atoms with Gasteiger partial charge in [0.05, 0.1) is 18.2 Å². The van der Waals surface area contributed by atoms with Crippen LogP contribution in [0.3, 0.4) is 0 Å². The first-order valence-corrected chi connectivity index (χ1v) is 10.0. The van der Waals surface area contributed by atoms with Crippen molar-refractivity contribution in [2.75, 3.05) is 6.61 Å². The van der Waals surface area contributed by atoms with Crippen molar-refractivity contribution in [3.8, 4) is 11.5 Å². The summed E-state index contributed by atoms with van der Waals surface area (Å²) in [5.41, 5.74) is 2.97. The molecule has 1 aliphatic rings. The van der Waals surface area contributed by atoms with Gasteiger partial charge in [0, 0.05) is 5.70 Å². The van der Waals surface area contributed by atoms with Crippen molar-refractivity contribution in [2.45, 2.75) is 46.1 Å². The van der Waals surface area contributed by atoms with Gasteiger partial charge in [0.2, 0.25) is 0 Å². The first-order chi connectivity index (χ1) is 14.2. The Kier molecular flexibility index (Phi) is 6.15. The Balaban J connectivity index is 1.79. The highest BCUT2D eigenvalue weighted by Gasteiger charge is 2.32. The van der Waals surface area contributed by atoms with E-state index in [1.807, 2.05) is 36.4 Å². The highest BCUT2D eigenvalue weighted by atomic mass is 16.5. The maximum Gasteiger partial charge on any atom is 0.338 e. The summed E-state index contributed by atoms with van der Waals surface area (Å²) < 4.78 is 11.1. The third-order valence-electron chi connectivity index (χ3n) is 4.93. The topological polar surface area (TPSA) is 76.7 Å². The second kappa shape index (κ2) is 8.61. The molecule has 2 N–H and O–H groups in total. The van der Waals surface area contributed by atoms with Gasteiger partial charge in [-0.15, -0.1) is 0 Å². The number of amides is 2. The van der Waals surface area contributed by atoms with Crippen LogP contribution in [0.5, 0.6) is 11.5 Å². The van der Waals surface area contributed by atoms with Crippen LogP contribution >= 0.6 is 0 Å². The molecular formula is C24H28N2O4. The number of hydrogen-bond acceptors (Lipinski definition) is 4. The number of hydrogen-bond donors (Lipinski definition) is 2. The van der Waals surface area contributed by atoms with Gasteiger partial charge in [-0.1, -0.05) is 45.0 Å². The second-order valence-corrected chi connectivity index (χ2v) is 8.24. The fraction of sp³-hybridized carbons (Fsp3) is 0.333. The molecule has 2 aromatic rings. The van der Waals surface area contributed by atoms with Crippen LogP contribution in [0.15, 0.2) is 59.8 Å². The number of carbonyl (C=O) groups excluding carboxylic acids is 2. The minimum absolute atomic E-state index is 0.0851. The Morgan fingerprint density at radius 2 is 1.57 bits per heavy atom. The van der Waals surface area contributed by atoms with Gasteiger partial charge in [0.25, 0.3) is 0 Å². The quantitative estimate of drug-likeness (QED) is 0.685. The van der Waals surface area contributed by atoms with E-state index >= 15 is 0 Å². The summed E-state index contributed by atoms with van der Waals surface area (Å²) in [7, 11) is 0. The van der Waals surface area contributed by atoms with E-state index in [1.165, 1.54) is 5.56 Å². The summed E-state index contributed by atoms with van der Waals surface area (Å²) in [6, 6.07) is 14.4. The van der Waals surface area contributed by atoms with Crippen molar-refractivity contribution >= 4 is 12.0 Å². The normalized spacial score (nSPS) is 16.6. The number of ether oxygens (including phenoxy) is 2. The Bertz CT molecular complexity index is 954. The van der Waals surface area contributed by atoms with E-state index in [2.05, 4.69) is 43.5 Å². The van der Waals surface area contributed by atoms with Crippen molar-refractivity contribution < 1.29 is 19.1 Å². The minimum Gasteiger partial charge on any atom is -0.463 e. The van der Waals surface area contributed by atoms with Gasteiger partial charge in [-0.2, -0.15) is 0 Å². The van der Waals surface area contributed by atoms with Gasteiger partial charge in [-0.05, 0) is 54.7 Å². The van der Waals surface area contributed by atoms with Gasteiger partial charge < -0.3 is 20.1 Å². The Morgan fingerprint density at radius 1 is 1.00 bits per heavy atom. The second-order valence-electron chi connectivity index (χ2n) is 8.24. The van der Waals surface area contributed by atoms with Crippen LogP contribution in [0, 0.1) is 0 Å². The first kappa shape index (κ1) is 21.4. The molecule has 158 valence electrons. The number of urea groups is 1. The summed E-state index contributed by atoms with van der Waals surface area (Å²) in [5.74, 6) is 0.960. The predicted molar refractivity (Wildman–Crippen MR) is 115 cm³/mol. The largest absolute Gasteiger partial charge is 0.463 e. The van der Waals surface area contributed by atoms with E-state index in [0.29, 0.717) is 17.0 Å². The molecule has 0 aliphatic carbocycles. The zero-order chi connectivity index (χ0) is 21.9. The van der Waals surface area contributed by atoms with E-state index in [9.17, 15) is 9.59 Å². The van der Waals surface area contributed by atoms with E-state index in [4.69, 9.17) is 9.47 Å². The molecule has 1 aliphatic heterocycles. The van der Waals surface area contributed by atoms with Crippen molar-refractivity contribution in [3.63, 3.8) is 0 Å². The van der Waals surface area contributed by atoms with Crippen LogP contribution in [0.1, 0.15) is 51.8 Å². The average molecular weight is 408 g/mol. The number of carbonyl (C=O) groups is 2. The van der Waals surface area contributed by atoms with E-state index in [-0.39, 0.29) is 18.1 Å². The van der Waals surface area contributed by atoms with Crippen LogP contribution in [-0.2, 0) is 14.9 Å². The number of rotatable bonds is 5. The molecule has 2 amide bonds. The summed E-state index contributed by atoms with van der Waals surface area (Å²) in [5, 5.41) is 5.42. The number of allylic oxidation sites excluding steroid dienone is 1. The highest BCUT2D eigenvalue weighted by molar-refractivity contribution is 5.95. The van der Waals surface area contributed by atoms with E-state index in [1.54, 1.807) is 13.8 Å². The van der Waals surface area contributed by atoms with Gasteiger partial charge in [-0.25, -0.2) is 9.59 Å². The standard InChI is InChI=1S/C24H28N2O4/c1-6-29-22(27)20-15(2)25-23(28)26-21(20)16-7-11-18(12-8-16)30-19-13-9-17(10-14-19)24(3,4)5/h7-14,21H,6H2,1-5H3,(H2,25,26,28). The lowest BCUT2D eigenvalue weighted by atomic mass is 9.87. The minimum atomic E-state index is -0.585. The van der Waals surface area contributed by atoms with Gasteiger partial charge in [0.1, 0.15) is 11.5 Å². The van der Waals surface area contributed by atoms with Crippen LogP contribution in [0.4, 0.5) is 4.79 Å². The molecule has 0 radical (unpaired) electrons. The molecule has 2 aromatic carbocycles. The number of esters is 1. The SMILES string of the molecule is CCOC(=O)C1=C(C)NC(=O)NC1c1ccc(Oc2ccc(C(C)(C)C)cc2)cc1. The lowest BCUT2D eigenvalue weighted by Gasteiger charge is -2.28. The van der Waals surface area contributed by atoms with Crippen LogP contribution in [0.2, 0.25) is 0 Å². The third kappa shape index (κ3) is 4.82. The molecular weight excluding hydrogens is 380 g/mol. The maximum atomic E-state index is 12.4. The maximum absolute atomic E-state index is 12.4. The smallest absolute Gasteiger partial charge is 0.338 e. The zero-order valence-electron chi connectivity index (χ0n) is 18.0. The number of nitrogens with one attached hydrogen (secondary N) is 2. The van der Waals surface area contributed by atoms with Crippen LogP contribution in [-0.4, -0.2) is 18.6 Å². The summed E-state index contributed by atoms with van der Waals surface area (Å²) in [6.07, 6.45) is 0. The van der Waals surface area contributed by atoms with Crippen molar-refractivity contribution in [1.82, 2.24) is 10.6 Å². The lowest BCUT2D eigenvalue weighted by molar-refractivity contribution is -0.139. The fourth-order valence-electron chi connectivity index (χ4n) is 3.31. The van der Waals surface area contributed by atoms with Crippen LogP contribution < -0.4 is 15.4 Å². The molecule has 1 unspecified atom stereocenters. The molecule has 6 nitrogen and oxygen atoms in total. The Labute approximate surface area is 177 Å². The molecule has 0 spiro atoms. The van der Waals surface area contributed by atoms with Gasteiger partial charge in [-0.3, -0.25) is 0 Å². The fourth-order valence-corrected chi connectivity index (χ4v) is 3.31. The Morgan fingerprint density at radius 3 is 2.10 bits per heavy atom. The lowest BCUT2D eigenvalue weighted by Crippen LogP contribution is -2.45. The van der Waals surface area contributed by atoms with Crippen molar-refractivity contribution in [2.24, 2.45) is 0 Å². The molecule has 0 fully saturated rings. The predicted octanol–water partition coefficient (Wildman–Crippen LogP) is 4.97. The van der Waals surface area contributed by atoms with Gasteiger partial charge >= 0.3 is 12.0 Å². The molecule has 0 bridgehead atoms. The van der Waals surface area contributed by atoms with Crippen molar-refractivity contribution in [3.05, 3.63) is 70.9 Å².